The van der Waals surface area contributed by atoms with Gasteiger partial charge in [0.25, 0.3) is 5.56 Å². The lowest BCUT2D eigenvalue weighted by molar-refractivity contribution is 0.317. The van der Waals surface area contributed by atoms with Gasteiger partial charge in [0.2, 0.25) is 4.96 Å². The highest BCUT2D eigenvalue weighted by molar-refractivity contribution is 7.15. The molecular formula is C22H19N3O2S. The van der Waals surface area contributed by atoms with Gasteiger partial charge < -0.3 is 4.74 Å². The van der Waals surface area contributed by atoms with E-state index in [0.29, 0.717) is 21.9 Å². The predicted molar refractivity (Wildman–Crippen MR) is 114 cm³/mol. The van der Waals surface area contributed by atoms with Gasteiger partial charge in [-0.2, -0.15) is 9.50 Å². The fourth-order valence-corrected chi connectivity index (χ4v) is 3.60. The van der Waals surface area contributed by atoms with Gasteiger partial charge in [-0.1, -0.05) is 66.8 Å². The van der Waals surface area contributed by atoms with Crippen LogP contribution in [0.1, 0.15) is 30.3 Å². The fourth-order valence-electron chi connectivity index (χ4n) is 2.69. The Kier molecular flexibility index (Phi) is 5.30. The average Bonchev–Trinajstić information content (AvgIpc) is 3.25. The third-order valence-electron chi connectivity index (χ3n) is 4.07. The van der Waals surface area contributed by atoms with Gasteiger partial charge in [0.05, 0.1) is 11.1 Å². The quantitative estimate of drug-likeness (QED) is 0.505. The summed E-state index contributed by atoms with van der Waals surface area (Å²) in [5.74, 6) is 1.36. The lowest BCUT2D eigenvalue weighted by Gasteiger charge is -2.03. The number of fused-ring (bicyclic) bond motifs is 1. The predicted octanol–water partition coefficient (Wildman–Crippen LogP) is 3.66. The first-order valence-electron chi connectivity index (χ1n) is 9.10. The van der Waals surface area contributed by atoms with E-state index in [-0.39, 0.29) is 5.56 Å². The lowest BCUT2D eigenvalue weighted by atomic mass is 10.2. The smallest absolute Gasteiger partial charge is 0.291 e. The molecule has 0 radical (unpaired) electrons. The Balaban J connectivity index is 1.58. The van der Waals surface area contributed by atoms with Crippen LogP contribution in [0.25, 0.3) is 23.2 Å². The van der Waals surface area contributed by atoms with E-state index < -0.39 is 0 Å². The zero-order valence-corrected chi connectivity index (χ0v) is 16.2. The Morgan fingerprint density at radius 3 is 2.54 bits per heavy atom. The van der Waals surface area contributed by atoms with Crippen molar-refractivity contribution in [1.82, 2.24) is 14.6 Å². The molecule has 0 saturated carbocycles. The highest BCUT2D eigenvalue weighted by Gasteiger charge is 2.08. The van der Waals surface area contributed by atoms with Crippen molar-refractivity contribution in [2.45, 2.75) is 13.3 Å². The maximum atomic E-state index is 12.6. The van der Waals surface area contributed by atoms with E-state index in [2.05, 4.69) is 17.0 Å². The summed E-state index contributed by atoms with van der Waals surface area (Å²) in [5.41, 5.74) is 1.84. The number of hydrogen-bond acceptors (Lipinski definition) is 5. The summed E-state index contributed by atoms with van der Waals surface area (Å²) in [6.45, 7) is 2.77. The number of benzene rings is 2. The van der Waals surface area contributed by atoms with Gasteiger partial charge >= 0.3 is 0 Å². The minimum absolute atomic E-state index is 0.154. The molecule has 4 aromatic rings. The Morgan fingerprint density at radius 2 is 1.82 bits per heavy atom. The van der Waals surface area contributed by atoms with Crippen LogP contribution < -0.4 is 14.8 Å². The van der Waals surface area contributed by atoms with Gasteiger partial charge in [-0.05, 0) is 41.8 Å². The van der Waals surface area contributed by atoms with Crippen LogP contribution >= 0.6 is 11.3 Å². The summed E-state index contributed by atoms with van der Waals surface area (Å²) in [7, 11) is 0. The molecule has 0 saturated heterocycles. The molecule has 0 aliphatic rings. The van der Waals surface area contributed by atoms with Gasteiger partial charge in [-0.15, -0.1) is 5.10 Å². The third kappa shape index (κ3) is 4.02. The second kappa shape index (κ2) is 8.19. The summed E-state index contributed by atoms with van der Waals surface area (Å²) < 4.78 is 7.55. The first-order chi connectivity index (χ1) is 13.7. The van der Waals surface area contributed by atoms with Crippen LogP contribution in [0.5, 0.6) is 5.75 Å². The van der Waals surface area contributed by atoms with Crippen LogP contribution in [0.15, 0.2) is 59.4 Å². The standard InChI is InChI=1S/C22H19N3O2S/c1-2-14-27-18-11-8-17(9-12-18)15-19-21(26)25-22(28-19)23-20(24-25)13-10-16-6-4-3-5-7-16/h3-13,15H,2,14H2,1H3. The molecule has 140 valence electrons. The second-order valence-corrected chi connectivity index (χ2v) is 7.25. The van der Waals surface area contributed by atoms with Crippen molar-refractivity contribution in [2.75, 3.05) is 6.61 Å². The number of rotatable bonds is 6. The van der Waals surface area contributed by atoms with Crippen LogP contribution in [0.3, 0.4) is 0 Å². The van der Waals surface area contributed by atoms with Gasteiger partial charge in [0.1, 0.15) is 5.75 Å². The summed E-state index contributed by atoms with van der Waals surface area (Å²) in [4.78, 5) is 17.7. The van der Waals surface area contributed by atoms with E-state index in [1.54, 1.807) is 0 Å². The van der Waals surface area contributed by atoms with Crippen LogP contribution in [-0.4, -0.2) is 21.2 Å². The van der Waals surface area contributed by atoms with Crippen LogP contribution in [0, 0.1) is 0 Å². The first-order valence-corrected chi connectivity index (χ1v) is 9.92. The molecule has 0 N–H and O–H groups in total. The Hall–Kier alpha value is -3.25. The molecule has 2 aromatic heterocycles. The molecule has 0 bridgehead atoms. The van der Waals surface area contributed by atoms with Crippen LogP contribution in [-0.2, 0) is 0 Å². The summed E-state index contributed by atoms with van der Waals surface area (Å²) in [6.07, 6.45) is 6.57. The monoisotopic (exact) mass is 389 g/mol. The molecular weight excluding hydrogens is 370 g/mol. The SMILES string of the molecule is CCCOc1ccc(C=c2sc3nc(C=Cc4ccccc4)nn3c2=O)cc1. The highest BCUT2D eigenvalue weighted by Crippen LogP contribution is 2.13. The van der Waals surface area contributed by atoms with E-state index in [9.17, 15) is 4.79 Å². The van der Waals surface area contributed by atoms with E-state index in [1.807, 2.05) is 72.8 Å². The summed E-state index contributed by atoms with van der Waals surface area (Å²) in [5, 5.41) is 4.31. The Labute approximate surface area is 166 Å². The zero-order chi connectivity index (χ0) is 19.3. The van der Waals surface area contributed by atoms with Crippen molar-refractivity contribution in [3.8, 4) is 5.75 Å². The van der Waals surface area contributed by atoms with Gasteiger partial charge in [-0.3, -0.25) is 4.79 Å². The molecule has 0 fully saturated rings. The molecule has 0 amide bonds. The van der Waals surface area contributed by atoms with Crippen LogP contribution in [0.2, 0.25) is 0 Å². The van der Waals surface area contributed by atoms with E-state index in [1.165, 1.54) is 15.9 Å². The number of hydrogen-bond donors (Lipinski definition) is 0. The van der Waals surface area contributed by atoms with Crippen LogP contribution in [0.4, 0.5) is 0 Å². The van der Waals surface area contributed by atoms with Gasteiger partial charge in [0, 0.05) is 0 Å². The molecule has 5 nitrogen and oxygen atoms in total. The average molecular weight is 389 g/mol. The molecule has 0 spiro atoms. The van der Waals surface area contributed by atoms with Crippen molar-refractivity contribution >= 4 is 34.5 Å². The normalized spacial score (nSPS) is 12.2. The number of ether oxygens (including phenoxy) is 1. The van der Waals surface area contributed by atoms with Crippen molar-refractivity contribution in [2.24, 2.45) is 0 Å². The molecule has 0 aliphatic heterocycles. The maximum Gasteiger partial charge on any atom is 0.291 e. The second-order valence-electron chi connectivity index (χ2n) is 6.24. The molecule has 4 rings (SSSR count). The summed E-state index contributed by atoms with van der Waals surface area (Å²) in [6, 6.07) is 17.6. The van der Waals surface area contributed by atoms with E-state index in [0.717, 1.165) is 23.3 Å². The van der Waals surface area contributed by atoms with E-state index >= 15 is 0 Å². The van der Waals surface area contributed by atoms with Crippen molar-refractivity contribution in [1.29, 1.82) is 0 Å². The molecule has 0 atom stereocenters. The van der Waals surface area contributed by atoms with Crippen molar-refractivity contribution in [3.05, 3.63) is 86.4 Å². The zero-order valence-electron chi connectivity index (χ0n) is 15.4. The summed E-state index contributed by atoms with van der Waals surface area (Å²) >= 11 is 1.34. The minimum atomic E-state index is -0.154. The number of aromatic nitrogens is 3. The van der Waals surface area contributed by atoms with Gasteiger partial charge in [0.15, 0.2) is 5.82 Å². The molecule has 0 aliphatic carbocycles. The topological polar surface area (TPSA) is 56.5 Å². The molecule has 6 heteroatoms. The molecule has 0 unspecified atom stereocenters. The van der Waals surface area contributed by atoms with Crippen molar-refractivity contribution < 1.29 is 4.74 Å². The number of nitrogens with zero attached hydrogens (tertiary/aromatic N) is 3. The highest BCUT2D eigenvalue weighted by atomic mass is 32.1. The molecule has 2 aromatic carbocycles. The first kappa shape index (κ1) is 18.1. The fraction of sp³-hybridized carbons (Fsp3) is 0.136. The Bertz CT molecular complexity index is 1210. The molecule has 28 heavy (non-hydrogen) atoms. The van der Waals surface area contributed by atoms with Gasteiger partial charge in [-0.25, -0.2) is 0 Å². The Morgan fingerprint density at radius 1 is 1.04 bits per heavy atom. The third-order valence-corrected chi connectivity index (χ3v) is 5.03. The lowest BCUT2D eigenvalue weighted by Crippen LogP contribution is -2.23. The minimum Gasteiger partial charge on any atom is -0.494 e. The largest absolute Gasteiger partial charge is 0.494 e. The molecule has 2 heterocycles. The van der Waals surface area contributed by atoms with Crippen molar-refractivity contribution in [3.63, 3.8) is 0 Å². The maximum absolute atomic E-state index is 12.6. The van der Waals surface area contributed by atoms with E-state index in [4.69, 9.17) is 4.74 Å². The number of thiazole rings is 1.